The lowest BCUT2D eigenvalue weighted by Gasteiger charge is -2.27. The largest absolute Gasteiger partial charge is 0.449 e. The second-order valence-corrected chi connectivity index (χ2v) is 11.4. The van der Waals surface area contributed by atoms with E-state index in [4.69, 9.17) is 9.73 Å². The molecule has 2 N–H and O–H groups in total. The molecule has 6 rings (SSSR count). The van der Waals surface area contributed by atoms with E-state index in [-0.39, 0.29) is 18.1 Å². The van der Waals surface area contributed by atoms with Gasteiger partial charge >= 0.3 is 6.09 Å². The summed E-state index contributed by atoms with van der Waals surface area (Å²) in [5, 5.41) is 7.49. The Kier molecular flexibility index (Phi) is 8.64. The van der Waals surface area contributed by atoms with Crippen LogP contribution in [0.4, 0.5) is 4.79 Å². The van der Waals surface area contributed by atoms with E-state index in [1.165, 1.54) is 33.4 Å². The Labute approximate surface area is 245 Å². The zero-order chi connectivity index (χ0) is 27.9. The Morgan fingerprint density at radius 1 is 0.878 bits per heavy atom. The molecule has 0 radical (unpaired) electrons. The van der Waals surface area contributed by atoms with Gasteiger partial charge in [-0.15, -0.1) is 0 Å². The third-order valence-electron chi connectivity index (χ3n) is 7.53. The molecule has 1 amide bonds. The van der Waals surface area contributed by atoms with Gasteiger partial charge in [0.25, 0.3) is 0 Å². The van der Waals surface area contributed by atoms with Gasteiger partial charge in [0.1, 0.15) is 6.61 Å². The SMILES string of the molecule is O=C(N[C@H](CSC1=NCN(Cc2ccccc2)CN1)Cc1ccccc1)OCC1c2ccccc2-c2ccccc21. The van der Waals surface area contributed by atoms with Crippen molar-refractivity contribution in [3.63, 3.8) is 0 Å². The molecule has 0 spiro atoms. The quantitative estimate of drug-likeness (QED) is 0.253. The summed E-state index contributed by atoms with van der Waals surface area (Å²) in [6.45, 7) is 2.54. The first-order valence-corrected chi connectivity index (χ1v) is 15.0. The molecule has 0 saturated carbocycles. The maximum Gasteiger partial charge on any atom is 0.407 e. The number of nitrogens with one attached hydrogen (secondary N) is 2. The molecule has 1 atom stereocenters. The highest BCUT2D eigenvalue weighted by atomic mass is 32.2. The van der Waals surface area contributed by atoms with Crippen LogP contribution in [-0.2, 0) is 17.7 Å². The van der Waals surface area contributed by atoms with Crippen LogP contribution in [0, 0.1) is 0 Å². The summed E-state index contributed by atoms with van der Waals surface area (Å²) in [6.07, 6.45) is 0.326. The Morgan fingerprint density at radius 3 is 2.12 bits per heavy atom. The maximum atomic E-state index is 13.1. The van der Waals surface area contributed by atoms with Crippen molar-refractivity contribution < 1.29 is 9.53 Å². The number of hydrogen-bond acceptors (Lipinski definition) is 6. The van der Waals surface area contributed by atoms with Crippen LogP contribution < -0.4 is 10.6 Å². The van der Waals surface area contributed by atoms with E-state index in [0.29, 0.717) is 25.4 Å². The molecule has 0 unspecified atom stereocenters. The number of amidine groups is 1. The van der Waals surface area contributed by atoms with E-state index >= 15 is 0 Å². The highest BCUT2D eigenvalue weighted by Crippen LogP contribution is 2.44. The van der Waals surface area contributed by atoms with Crippen LogP contribution in [0.2, 0.25) is 0 Å². The van der Waals surface area contributed by atoms with Crippen LogP contribution in [0.5, 0.6) is 0 Å². The van der Waals surface area contributed by atoms with E-state index < -0.39 is 0 Å². The van der Waals surface area contributed by atoms with Gasteiger partial charge in [0, 0.05) is 24.3 Å². The van der Waals surface area contributed by atoms with Gasteiger partial charge in [-0.2, -0.15) is 0 Å². The molecule has 0 bridgehead atoms. The number of ether oxygens (including phenoxy) is 1. The summed E-state index contributed by atoms with van der Waals surface area (Å²) in [5.41, 5.74) is 7.30. The molecule has 2 aliphatic rings. The monoisotopic (exact) mass is 562 g/mol. The van der Waals surface area contributed by atoms with Gasteiger partial charge in [-0.25, -0.2) is 9.79 Å². The molecule has 1 heterocycles. The van der Waals surface area contributed by atoms with Crippen LogP contribution in [0.15, 0.2) is 114 Å². The van der Waals surface area contributed by atoms with Crippen molar-refractivity contribution in [2.45, 2.75) is 24.9 Å². The molecule has 1 aliphatic heterocycles. The fraction of sp³-hybridized carbons (Fsp3) is 0.235. The van der Waals surface area contributed by atoms with Crippen LogP contribution >= 0.6 is 11.8 Å². The van der Waals surface area contributed by atoms with Crippen molar-refractivity contribution in [1.29, 1.82) is 0 Å². The minimum Gasteiger partial charge on any atom is -0.449 e. The number of fused-ring (bicyclic) bond motifs is 3. The smallest absolute Gasteiger partial charge is 0.407 e. The number of carbonyl (C=O) groups is 1. The topological polar surface area (TPSA) is 66.0 Å². The molecular formula is C34H34N4O2S. The van der Waals surface area contributed by atoms with Gasteiger partial charge in [0.15, 0.2) is 5.17 Å². The van der Waals surface area contributed by atoms with Crippen LogP contribution in [0.3, 0.4) is 0 Å². The number of rotatable bonds is 9. The number of benzene rings is 4. The lowest BCUT2D eigenvalue weighted by atomic mass is 9.98. The molecular weight excluding hydrogens is 528 g/mol. The molecule has 208 valence electrons. The molecule has 0 aromatic heterocycles. The normalized spacial score (nSPS) is 15.3. The van der Waals surface area contributed by atoms with Gasteiger partial charge < -0.3 is 15.4 Å². The first kappa shape index (κ1) is 27.1. The summed E-state index contributed by atoms with van der Waals surface area (Å²) in [7, 11) is 0. The van der Waals surface area contributed by atoms with Crippen molar-refractivity contribution in [2.75, 3.05) is 25.7 Å². The Balaban J connectivity index is 1.06. The van der Waals surface area contributed by atoms with Gasteiger partial charge in [-0.3, -0.25) is 4.90 Å². The summed E-state index contributed by atoms with van der Waals surface area (Å²) < 4.78 is 5.86. The Morgan fingerprint density at radius 2 is 1.49 bits per heavy atom. The lowest BCUT2D eigenvalue weighted by molar-refractivity contribution is 0.140. The summed E-state index contributed by atoms with van der Waals surface area (Å²) in [5.74, 6) is 0.721. The average molecular weight is 563 g/mol. The molecule has 4 aromatic carbocycles. The number of amides is 1. The van der Waals surface area contributed by atoms with E-state index in [9.17, 15) is 4.79 Å². The van der Waals surface area contributed by atoms with Crippen molar-refractivity contribution in [3.05, 3.63) is 131 Å². The van der Waals surface area contributed by atoms with E-state index in [0.717, 1.165) is 18.4 Å². The van der Waals surface area contributed by atoms with Crippen molar-refractivity contribution in [2.24, 2.45) is 4.99 Å². The molecule has 6 nitrogen and oxygen atoms in total. The number of nitrogens with zero attached hydrogens (tertiary/aromatic N) is 2. The summed E-state index contributed by atoms with van der Waals surface area (Å²) >= 11 is 1.64. The highest BCUT2D eigenvalue weighted by molar-refractivity contribution is 8.13. The van der Waals surface area contributed by atoms with Gasteiger partial charge in [-0.1, -0.05) is 121 Å². The minimum absolute atomic E-state index is 0.0368. The number of alkyl carbamates (subject to hydrolysis) is 1. The van der Waals surface area contributed by atoms with Crippen LogP contribution in [-0.4, -0.2) is 47.9 Å². The van der Waals surface area contributed by atoms with Crippen molar-refractivity contribution in [3.8, 4) is 11.1 Å². The van der Waals surface area contributed by atoms with Gasteiger partial charge in [0.05, 0.1) is 13.3 Å². The second-order valence-electron chi connectivity index (χ2n) is 10.4. The highest BCUT2D eigenvalue weighted by Gasteiger charge is 2.29. The second kappa shape index (κ2) is 13.1. The number of aliphatic imine (C=N–C) groups is 1. The first-order chi connectivity index (χ1) is 20.2. The molecule has 0 saturated heterocycles. The molecule has 7 heteroatoms. The van der Waals surface area contributed by atoms with Crippen LogP contribution in [0.1, 0.15) is 28.2 Å². The summed E-state index contributed by atoms with van der Waals surface area (Å²) in [6, 6.07) is 37.3. The molecule has 4 aromatic rings. The number of carbonyl (C=O) groups excluding carboxylic acids is 1. The zero-order valence-corrected chi connectivity index (χ0v) is 23.7. The fourth-order valence-electron chi connectivity index (χ4n) is 5.53. The number of hydrogen-bond donors (Lipinski definition) is 2. The van der Waals surface area contributed by atoms with Crippen LogP contribution in [0.25, 0.3) is 11.1 Å². The summed E-state index contributed by atoms with van der Waals surface area (Å²) in [4.78, 5) is 20.1. The first-order valence-electron chi connectivity index (χ1n) is 14.1. The fourth-order valence-corrected chi connectivity index (χ4v) is 6.41. The van der Waals surface area contributed by atoms with Crippen molar-refractivity contribution in [1.82, 2.24) is 15.5 Å². The average Bonchev–Trinajstić information content (AvgIpc) is 3.34. The molecule has 41 heavy (non-hydrogen) atoms. The van der Waals surface area contributed by atoms with Crippen molar-refractivity contribution >= 4 is 23.0 Å². The predicted molar refractivity (Wildman–Crippen MR) is 167 cm³/mol. The predicted octanol–water partition coefficient (Wildman–Crippen LogP) is 6.25. The van der Waals surface area contributed by atoms with E-state index in [2.05, 4.69) is 88.3 Å². The van der Waals surface area contributed by atoms with Gasteiger partial charge in [0.2, 0.25) is 0 Å². The number of thioether (sulfide) groups is 1. The molecule has 1 aliphatic carbocycles. The Hall–Kier alpha value is -4.07. The zero-order valence-electron chi connectivity index (χ0n) is 22.9. The van der Waals surface area contributed by atoms with Gasteiger partial charge in [-0.05, 0) is 39.8 Å². The standard InChI is InChI=1S/C34H34N4O2S/c39-34(40-21-32-30-17-9-7-15-28(30)29-16-8-10-18-31(29)32)37-27(19-25-11-3-1-4-12-25)22-41-33-35-23-38(24-36-33)20-26-13-5-2-6-14-26/h1-18,27,32H,19-24H2,(H,35,36)(H,37,39)/t27-/m0/s1. The maximum absolute atomic E-state index is 13.1. The third-order valence-corrected chi connectivity index (χ3v) is 8.64. The Bertz CT molecular complexity index is 1450. The third kappa shape index (κ3) is 6.81. The molecule has 0 fully saturated rings. The minimum atomic E-state index is -0.388. The van der Waals surface area contributed by atoms with E-state index in [1.807, 2.05) is 36.4 Å². The van der Waals surface area contributed by atoms with E-state index in [1.54, 1.807) is 11.8 Å². The lowest BCUT2D eigenvalue weighted by Crippen LogP contribution is -2.43.